The van der Waals surface area contributed by atoms with E-state index >= 15 is 0 Å². The molecule has 4 heteroatoms. The van der Waals surface area contributed by atoms with Crippen LogP contribution in [-0.2, 0) is 4.79 Å². The molecule has 88 valence electrons. The van der Waals surface area contributed by atoms with Gasteiger partial charge < -0.3 is 11.1 Å². The number of hydrogen-bond donors (Lipinski definition) is 2. The molecule has 1 aromatic rings. The van der Waals surface area contributed by atoms with Crippen LogP contribution in [0.15, 0.2) is 22.7 Å². The Morgan fingerprint density at radius 1 is 1.56 bits per heavy atom. The number of anilines is 1. The topological polar surface area (TPSA) is 55.1 Å². The normalized spacial score (nSPS) is 14.3. The van der Waals surface area contributed by atoms with E-state index in [2.05, 4.69) is 21.2 Å². The SMILES string of the molecule is CCC(C)(N)C(=O)Nc1cccc(C)c1Br. The highest BCUT2D eigenvalue weighted by Crippen LogP contribution is 2.26. The van der Waals surface area contributed by atoms with Gasteiger partial charge in [-0.3, -0.25) is 4.79 Å². The summed E-state index contributed by atoms with van der Waals surface area (Å²) in [6.45, 7) is 5.60. The molecule has 0 saturated heterocycles. The highest BCUT2D eigenvalue weighted by atomic mass is 79.9. The van der Waals surface area contributed by atoms with E-state index in [9.17, 15) is 4.79 Å². The molecule has 0 aliphatic heterocycles. The van der Waals surface area contributed by atoms with Crippen molar-refractivity contribution in [1.82, 2.24) is 0 Å². The Hall–Kier alpha value is -0.870. The van der Waals surface area contributed by atoms with Crippen LogP contribution < -0.4 is 11.1 Å². The Morgan fingerprint density at radius 2 is 2.19 bits per heavy atom. The van der Waals surface area contributed by atoms with E-state index in [0.717, 1.165) is 15.7 Å². The minimum absolute atomic E-state index is 0.165. The number of carbonyl (C=O) groups excluding carboxylic acids is 1. The van der Waals surface area contributed by atoms with Crippen molar-refractivity contribution in [2.45, 2.75) is 32.7 Å². The summed E-state index contributed by atoms with van der Waals surface area (Å²) < 4.78 is 0.898. The van der Waals surface area contributed by atoms with Gasteiger partial charge in [-0.25, -0.2) is 0 Å². The van der Waals surface area contributed by atoms with Crippen LogP contribution in [0.2, 0.25) is 0 Å². The molecule has 1 aromatic carbocycles. The fourth-order valence-corrected chi connectivity index (χ4v) is 1.53. The summed E-state index contributed by atoms with van der Waals surface area (Å²) in [5.74, 6) is -0.165. The standard InChI is InChI=1S/C12H17BrN2O/c1-4-12(3,14)11(16)15-9-7-5-6-8(2)10(9)13/h5-7H,4,14H2,1-3H3,(H,15,16). The third-order valence-corrected chi connectivity index (χ3v) is 3.75. The van der Waals surface area contributed by atoms with Gasteiger partial charge >= 0.3 is 0 Å². The Morgan fingerprint density at radius 3 is 2.75 bits per heavy atom. The first-order valence-corrected chi connectivity index (χ1v) is 6.03. The molecule has 3 nitrogen and oxygen atoms in total. The van der Waals surface area contributed by atoms with Crippen LogP contribution >= 0.6 is 15.9 Å². The molecule has 1 rings (SSSR count). The summed E-state index contributed by atoms with van der Waals surface area (Å²) in [5, 5.41) is 2.83. The second-order valence-electron chi connectivity index (χ2n) is 4.16. The van der Waals surface area contributed by atoms with Crippen molar-refractivity contribution >= 4 is 27.5 Å². The van der Waals surface area contributed by atoms with Crippen molar-refractivity contribution in [3.8, 4) is 0 Å². The minimum atomic E-state index is -0.830. The monoisotopic (exact) mass is 284 g/mol. The van der Waals surface area contributed by atoms with Gasteiger partial charge in [0, 0.05) is 4.47 Å². The van der Waals surface area contributed by atoms with Gasteiger partial charge in [-0.1, -0.05) is 19.1 Å². The summed E-state index contributed by atoms with van der Waals surface area (Å²) in [5.41, 5.74) is 6.87. The number of aryl methyl sites for hydroxylation is 1. The third-order valence-electron chi connectivity index (χ3n) is 2.69. The molecular formula is C12H17BrN2O. The molecule has 0 heterocycles. The summed E-state index contributed by atoms with van der Waals surface area (Å²) in [7, 11) is 0. The molecule has 0 aliphatic carbocycles. The number of hydrogen-bond acceptors (Lipinski definition) is 2. The lowest BCUT2D eigenvalue weighted by Gasteiger charge is -2.22. The van der Waals surface area contributed by atoms with Gasteiger partial charge in [0.15, 0.2) is 0 Å². The van der Waals surface area contributed by atoms with Gasteiger partial charge in [-0.05, 0) is 47.8 Å². The average Bonchev–Trinajstić information content (AvgIpc) is 2.24. The van der Waals surface area contributed by atoms with Crippen LogP contribution in [0.5, 0.6) is 0 Å². The Balaban J connectivity index is 2.90. The number of nitrogens with one attached hydrogen (secondary N) is 1. The van der Waals surface area contributed by atoms with Crippen LogP contribution in [-0.4, -0.2) is 11.4 Å². The maximum atomic E-state index is 11.9. The molecule has 1 amide bonds. The van der Waals surface area contributed by atoms with E-state index in [4.69, 9.17) is 5.73 Å². The molecule has 1 unspecified atom stereocenters. The van der Waals surface area contributed by atoms with Crippen molar-refractivity contribution in [3.63, 3.8) is 0 Å². The van der Waals surface area contributed by atoms with Crippen LogP contribution in [0.1, 0.15) is 25.8 Å². The molecule has 0 spiro atoms. The largest absolute Gasteiger partial charge is 0.323 e. The lowest BCUT2D eigenvalue weighted by atomic mass is 9.99. The summed E-state index contributed by atoms with van der Waals surface area (Å²) in [6, 6.07) is 5.72. The fourth-order valence-electron chi connectivity index (χ4n) is 1.17. The molecule has 0 saturated carbocycles. The summed E-state index contributed by atoms with van der Waals surface area (Å²) in [6.07, 6.45) is 0.599. The predicted molar refractivity (Wildman–Crippen MR) is 70.4 cm³/mol. The van der Waals surface area contributed by atoms with Gasteiger partial charge in [0.25, 0.3) is 0 Å². The molecule has 0 fully saturated rings. The number of nitrogens with two attached hydrogens (primary N) is 1. The summed E-state index contributed by atoms with van der Waals surface area (Å²) >= 11 is 3.44. The average molecular weight is 285 g/mol. The van der Waals surface area contributed by atoms with Gasteiger partial charge in [-0.2, -0.15) is 0 Å². The molecule has 16 heavy (non-hydrogen) atoms. The maximum Gasteiger partial charge on any atom is 0.244 e. The van der Waals surface area contributed by atoms with E-state index in [0.29, 0.717) is 6.42 Å². The van der Waals surface area contributed by atoms with Crippen molar-refractivity contribution in [2.75, 3.05) is 5.32 Å². The second kappa shape index (κ2) is 4.97. The number of benzene rings is 1. The van der Waals surface area contributed by atoms with Crippen molar-refractivity contribution in [2.24, 2.45) is 5.73 Å². The summed E-state index contributed by atoms with van der Waals surface area (Å²) in [4.78, 5) is 11.9. The molecular weight excluding hydrogens is 268 g/mol. The zero-order valence-electron chi connectivity index (χ0n) is 9.80. The van der Waals surface area contributed by atoms with E-state index in [1.54, 1.807) is 6.92 Å². The highest BCUT2D eigenvalue weighted by Gasteiger charge is 2.26. The van der Waals surface area contributed by atoms with Crippen molar-refractivity contribution in [3.05, 3.63) is 28.2 Å². The van der Waals surface area contributed by atoms with Crippen LogP contribution in [0.3, 0.4) is 0 Å². The number of amides is 1. The van der Waals surface area contributed by atoms with Gasteiger partial charge in [0.2, 0.25) is 5.91 Å². The lowest BCUT2D eigenvalue weighted by molar-refractivity contribution is -0.120. The quantitative estimate of drug-likeness (QED) is 0.897. The van der Waals surface area contributed by atoms with Crippen molar-refractivity contribution in [1.29, 1.82) is 0 Å². The van der Waals surface area contributed by atoms with E-state index in [-0.39, 0.29) is 5.91 Å². The molecule has 3 N–H and O–H groups in total. The zero-order valence-corrected chi connectivity index (χ0v) is 11.4. The minimum Gasteiger partial charge on any atom is -0.323 e. The van der Waals surface area contributed by atoms with Crippen LogP contribution in [0, 0.1) is 6.92 Å². The molecule has 0 aromatic heterocycles. The predicted octanol–water partition coefficient (Wildman–Crippen LogP) is 2.82. The molecule has 0 aliphatic rings. The van der Waals surface area contributed by atoms with Crippen molar-refractivity contribution < 1.29 is 4.79 Å². The Labute approximate surface area is 105 Å². The smallest absolute Gasteiger partial charge is 0.244 e. The van der Waals surface area contributed by atoms with E-state index < -0.39 is 5.54 Å². The molecule has 0 radical (unpaired) electrons. The molecule has 0 bridgehead atoms. The fraction of sp³-hybridized carbons (Fsp3) is 0.417. The Bertz CT molecular complexity index is 402. The van der Waals surface area contributed by atoms with E-state index in [1.807, 2.05) is 32.0 Å². The van der Waals surface area contributed by atoms with Gasteiger partial charge in [0.05, 0.1) is 11.2 Å². The van der Waals surface area contributed by atoms with Gasteiger partial charge in [0.1, 0.15) is 0 Å². The second-order valence-corrected chi connectivity index (χ2v) is 4.95. The third kappa shape index (κ3) is 2.83. The Kier molecular flexibility index (Phi) is 4.10. The first-order chi connectivity index (χ1) is 7.38. The number of halogens is 1. The number of rotatable bonds is 3. The first kappa shape index (κ1) is 13.2. The van der Waals surface area contributed by atoms with Crippen LogP contribution in [0.4, 0.5) is 5.69 Å². The van der Waals surface area contributed by atoms with E-state index in [1.165, 1.54) is 0 Å². The van der Waals surface area contributed by atoms with Crippen LogP contribution in [0.25, 0.3) is 0 Å². The molecule has 1 atom stereocenters. The lowest BCUT2D eigenvalue weighted by Crippen LogP contribution is -2.47. The highest BCUT2D eigenvalue weighted by molar-refractivity contribution is 9.10. The maximum absolute atomic E-state index is 11.9. The zero-order chi connectivity index (χ0) is 12.3. The van der Waals surface area contributed by atoms with Gasteiger partial charge in [-0.15, -0.1) is 0 Å². The first-order valence-electron chi connectivity index (χ1n) is 5.24. The number of carbonyl (C=O) groups is 1.